The Morgan fingerprint density at radius 1 is 1.32 bits per heavy atom. The average Bonchev–Trinajstić information content (AvgIpc) is 2.09. The predicted molar refractivity (Wildman–Crippen MR) is 54.3 cm³/mol. The molecule has 0 saturated carbocycles. The number of quaternary nitrogens is 1. The summed E-state index contributed by atoms with van der Waals surface area (Å²) in [7, 11) is 5.37. The number of carboxylic acids is 1. The fourth-order valence-electron chi connectivity index (χ4n) is 1.02. The third kappa shape index (κ3) is 21.6. The van der Waals surface area contributed by atoms with Crippen LogP contribution in [0.5, 0.6) is 0 Å². The van der Waals surface area contributed by atoms with Crippen molar-refractivity contribution in [2.24, 2.45) is 0 Å². The molecular weight excluding hydrogens is 270 g/mol. The number of hydrogen-bond acceptors (Lipinski definition) is 8. The Hall–Kier alpha value is -2.21. The lowest BCUT2D eigenvalue weighted by molar-refractivity contribution is -0.891. The van der Waals surface area contributed by atoms with Crippen molar-refractivity contribution < 1.29 is 39.6 Å². The molecule has 12 nitrogen and oxygen atoms in total. The van der Waals surface area contributed by atoms with E-state index in [4.69, 9.17) is 15.3 Å². The van der Waals surface area contributed by atoms with Crippen molar-refractivity contribution in [3.05, 3.63) is 20.2 Å². The van der Waals surface area contributed by atoms with Crippen molar-refractivity contribution in [1.82, 2.24) is 0 Å². The minimum atomic E-state index is -1.50. The van der Waals surface area contributed by atoms with Gasteiger partial charge in [-0.1, -0.05) is 0 Å². The maximum atomic E-state index is 10.3. The zero-order valence-corrected chi connectivity index (χ0v) is 10.5. The van der Waals surface area contributed by atoms with E-state index in [0.29, 0.717) is 4.48 Å². The first kappa shape index (κ1) is 19.1. The first-order chi connectivity index (χ1) is 8.44. The van der Waals surface area contributed by atoms with Gasteiger partial charge in [0.25, 0.3) is 5.09 Å². The van der Waals surface area contributed by atoms with Gasteiger partial charge >= 0.3 is 5.09 Å². The lowest BCUT2D eigenvalue weighted by Gasteiger charge is -2.28. The van der Waals surface area contributed by atoms with E-state index in [0.717, 1.165) is 0 Å². The lowest BCUT2D eigenvalue weighted by Crippen LogP contribution is -2.44. The highest BCUT2D eigenvalue weighted by Gasteiger charge is 2.21. The van der Waals surface area contributed by atoms with Crippen LogP contribution in [0, 0.1) is 20.2 Å². The molecule has 19 heavy (non-hydrogen) atoms. The molecule has 0 aromatic heterocycles. The van der Waals surface area contributed by atoms with Gasteiger partial charge in [-0.3, -0.25) is 0 Å². The number of carbonyl (C=O) groups is 1. The number of likely N-dealkylation sites (N-methyl/N-ethyl adjacent to an activating group) is 1. The van der Waals surface area contributed by atoms with Crippen LogP contribution in [0.2, 0.25) is 0 Å². The Kier molecular flexibility index (Phi) is 8.88. The summed E-state index contributed by atoms with van der Waals surface area (Å²) >= 11 is 0. The van der Waals surface area contributed by atoms with Crippen molar-refractivity contribution >= 4 is 5.97 Å². The average molecular weight is 285 g/mol. The first-order valence-electron chi connectivity index (χ1n) is 4.75. The van der Waals surface area contributed by atoms with Gasteiger partial charge in [0.1, 0.15) is 12.6 Å². The second-order valence-electron chi connectivity index (χ2n) is 4.30. The van der Waals surface area contributed by atoms with E-state index in [2.05, 4.69) is 9.88 Å². The van der Waals surface area contributed by atoms with Gasteiger partial charge in [-0.2, -0.15) is 4.89 Å². The van der Waals surface area contributed by atoms with E-state index < -0.39 is 28.7 Å². The van der Waals surface area contributed by atoms with Gasteiger partial charge in [0.05, 0.1) is 21.1 Å². The Morgan fingerprint density at radius 3 is 2.00 bits per heavy atom. The summed E-state index contributed by atoms with van der Waals surface area (Å²) in [5.74, 6) is -1.35. The van der Waals surface area contributed by atoms with Crippen LogP contribution in [0.4, 0.5) is 0 Å². The third-order valence-electron chi connectivity index (χ3n) is 1.39. The summed E-state index contributed by atoms with van der Waals surface area (Å²) in [6.45, 7) is 0.252. The maximum absolute atomic E-state index is 10.3. The standard InChI is InChI=1S/C7H14N2O6.HNO3/c1-9(2,3)5-6(4-7(10)11)14-15-8(12)13;2-1(3)4/h6H,4-5H2,1-3H3;(H,2,3,4)/t6-;/m1./s1. The van der Waals surface area contributed by atoms with Crippen LogP contribution in [-0.2, 0) is 14.7 Å². The van der Waals surface area contributed by atoms with Crippen LogP contribution in [0.1, 0.15) is 6.42 Å². The topological polar surface area (TPSA) is 165 Å². The molecule has 0 unspecified atom stereocenters. The Labute approximate surface area is 107 Å². The van der Waals surface area contributed by atoms with E-state index in [1.807, 2.05) is 0 Å². The number of nitrogens with zero attached hydrogens (tertiary/aromatic N) is 3. The summed E-state index contributed by atoms with van der Waals surface area (Å²) in [6, 6.07) is 0. The molecule has 0 heterocycles. The Balaban J connectivity index is 0. The van der Waals surface area contributed by atoms with Gasteiger partial charge in [-0.05, 0) is 0 Å². The summed E-state index contributed by atoms with van der Waals surface area (Å²) in [6.07, 6.45) is -1.37. The molecule has 1 atom stereocenters. The van der Waals surface area contributed by atoms with Crippen molar-refractivity contribution in [2.75, 3.05) is 27.7 Å². The molecule has 0 aliphatic rings. The van der Waals surface area contributed by atoms with E-state index in [-0.39, 0.29) is 6.54 Å². The minimum Gasteiger partial charge on any atom is -0.550 e. The normalized spacial score (nSPS) is 11.7. The molecule has 0 fully saturated rings. The third-order valence-corrected chi connectivity index (χ3v) is 1.39. The molecule has 0 aliphatic heterocycles. The van der Waals surface area contributed by atoms with Gasteiger partial charge < -0.3 is 19.6 Å². The number of rotatable bonds is 7. The Bertz CT molecular complexity index is 309. The van der Waals surface area contributed by atoms with E-state index in [1.54, 1.807) is 21.1 Å². The quantitative estimate of drug-likeness (QED) is 0.240. The molecule has 1 N–H and O–H groups in total. The monoisotopic (exact) mass is 285 g/mol. The molecule has 0 spiro atoms. The van der Waals surface area contributed by atoms with Gasteiger partial charge in [-0.15, -0.1) is 25.2 Å². The van der Waals surface area contributed by atoms with Crippen molar-refractivity contribution in [2.45, 2.75) is 12.5 Å². The fourth-order valence-corrected chi connectivity index (χ4v) is 1.02. The molecule has 0 rings (SSSR count). The molecule has 112 valence electrons. The van der Waals surface area contributed by atoms with Gasteiger partial charge in [-0.25, -0.2) is 0 Å². The molecule has 0 aromatic rings. The smallest absolute Gasteiger partial charge is 0.322 e. The van der Waals surface area contributed by atoms with E-state index in [9.17, 15) is 20.0 Å². The van der Waals surface area contributed by atoms with Crippen molar-refractivity contribution in [1.29, 1.82) is 0 Å². The van der Waals surface area contributed by atoms with Gasteiger partial charge in [0.2, 0.25) is 0 Å². The van der Waals surface area contributed by atoms with Crippen molar-refractivity contribution in [3.63, 3.8) is 0 Å². The summed E-state index contributed by atoms with van der Waals surface area (Å²) in [5, 5.41) is 32.7. The fraction of sp³-hybridized carbons (Fsp3) is 0.857. The van der Waals surface area contributed by atoms with E-state index >= 15 is 0 Å². The molecular formula is C7H15N3O9. The number of aliphatic carboxylic acids is 1. The van der Waals surface area contributed by atoms with Crippen LogP contribution in [0.3, 0.4) is 0 Å². The highest BCUT2D eigenvalue weighted by atomic mass is 17.3. The van der Waals surface area contributed by atoms with Crippen LogP contribution in [0.15, 0.2) is 0 Å². The molecule has 0 aromatic carbocycles. The van der Waals surface area contributed by atoms with E-state index in [1.165, 1.54) is 0 Å². The summed E-state index contributed by atoms with van der Waals surface area (Å²) in [4.78, 5) is 36.5. The lowest BCUT2D eigenvalue weighted by atomic mass is 10.2. The van der Waals surface area contributed by atoms with Crippen LogP contribution in [-0.4, -0.2) is 59.6 Å². The largest absolute Gasteiger partial charge is 0.550 e. The Morgan fingerprint density at radius 2 is 1.74 bits per heavy atom. The SMILES string of the molecule is C[N+](C)(C)C[C@@H](CC(=O)[O-])OO[N+](=O)[O-].O=[N+]([O-])O. The number of hydrogen-bond donors (Lipinski definition) is 1. The van der Waals surface area contributed by atoms with Crippen LogP contribution < -0.4 is 5.11 Å². The highest BCUT2D eigenvalue weighted by Crippen LogP contribution is 2.04. The van der Waals surface area contributed by atoms with Gasteiger partial charge in [0, 0.05) is 12.4 Å². The number of carboxylic acid groups (broad SMARTS) is 1. The van der Waals surface area contributed by atoms with Crippen LogP contribution in [0.25, 0.3) is 0 Å². The molecule has 0 amide bonds. The minimum absolute atomic E-state index is 0.252. The molecule has 0 radical (unpaired) electrons. The first-order valence-corrected chi connectivity index (χ1v) is 4.75. The second kappa shape index (κ2) is 8.82. The second-order valence-corrected chi connectivity index (χ2v) is 4.30. The molecule has 0 bridgehead atoms. The molecule has 0 aliphatic carbocycles. The zero-order valence-electron chi connectivity index (χ0n) is 10.5. The predicted octanol–water partition coefficient (Wildman–Crippen LogP) is -2.01. The summed E-state index contributed by atoms with van der Waals surface area (Å²) < 4.78 is 0.388. The number of carbonyl (C=O) groups excluding carboxylic acids is 1. The van der Waals surface area contributed by atoms with Gasteiger partial charge in [0.15, 0.2) is 0 Å². The van der Waals surface area contributed by atoms with Crippen LogP contribution >= 0.6 is 0 Å². The van der Waals surface area contributed by atoms with Crippen molar-refractivity contribution in [3.8, 4) is 0 Å². The molecule has 0 saturated heterocycles. The zero-order chi connectivity index (χ0) is 15.6. The highest BCUT2D eigenvalue weighted by molar-refractivity contribution is 5.64. The maximum Gasteiger partial charge on any atom is 0.322 e. The summed E-state index contributed by atoms with van der Waals surface area (Å²) in [5.41, 5.74) is 0. The molecule has 12 heteroatoms.